The summed E-state index contributed by atoms with van der Waals surface area (Å²) >= 11 is 0. The molecule has 32 heavy (non-hydrogen) atoms. The van der Waals surface area contributed by atoms with Crippen molar-refractivity contribution in [1.29, 1.82) is 0 Å². The first kappa shape index (κ1) is 24.2. The summed E-state index contributed by atoms with van der Waals surface area (Å²) in [6, 6.07) is 20.7. The fourth-order valence-electron chi connectivity index (χ4n) is 5.29. The van der Waals surface area contributed by atoms with E-state index >= 15 is 0 Å². The van der Waals surface area contributed by atoms with Crippen molar-refractivity contribution < 1.29 is 23.9 Å². The van der Waals surface area contributed by atoms with Crippen molar-refractivity contribution in [2.75, 3.05) is 7.11 Å². The van der Waals surface area contributed by atoms with Gasteiger partial charge in [-0.25, -0.2) is 0 Å². The number of esters is 1. The van der Waals surface area contributed by atoms with Crippen LogP contribution in [-0.2, 0) is 18.8 Å². The van der Waals surface area contributed by atoms with E-state index in [0.29, 0.717) is 19.3 Å². The van der Waals surface area contributed by atoms with Crippen LogP contribution in [-0.4, -0.2) is 38.6 Å². The molecule has 0 aliphatic heterocycles. The van der Waals surface area contributed by atoms with E-state index in [1.54, 1.807) is 6.92 Å². The largest absolute Gasteiger partial charge is 0.481 e. The molecule has 3 atom stereocenters. The molecule has 0 bridgehead atoms. The Balaban J connectivity index is 2.10. The number of methoxy groups -OCH3 is 1. The number of carbonyl (C=O) groups is 2. The van der Waals surface area contributed by atoms with Gasteiger partial charge in [-0.15, -0.1) is 0 Å². The molecule has 0 radical (unpaired) electrons. The van der Waals surface area contributed by atoms with E-state index in [1.165, 1.54) is 17.5 Å². The highest BCUT2D eigenvalue weighted by Crippen LogP contribution is 2.46. The van der Waals surface area contributed by atoms with Crippen LogP contribution in [0.4, 0.5) is 0 Å². The van der Waals surface area contributed by atoms with Crippen molar-refractivity contribution >= 4 is 30.6 Å². The van der Waals surface area contributed by atoms with Gasteiger partial charge in [0.05, 0.1) is 18.4 Å². The van der Waals surface area contributed by atoms with Crippen LogP contribution < -0.4 is 10.4 Å². The molecule has 0 amide bonds. The maximum absolute atomic E-state index is 12.7. The molecular weight excluding hydrogens is 420 g/mol. The fourth-order valence-corrected chi connectivity index (χ4v) is 10.0. The highest BCUT2D eigenvalue weighted by atomic mass is 28.4. The third-order valence-corrected chi connectivity index (χ3v) is 12.0. The zero-order valence-electron chi connectivity index (χ0n) is 19.6. The molecule has 2 aromatic rings. The lowest BCUT2D eigenvalue weighted by molar-refractivity contribution is -0.169. The van der Waals surface area contributed by atoms with E-state index in [-0.39, 0.29) is 11.1 Å². The van der Waals surface area contributed by atoms with E-state index in [0.717, 1.165) is 0 Å². The minimum atomic E-state index is -2.79. The van der Waals surface area contributed by atoms with Gasteiger partial charge in [-0.3, -0.25) is 9.59 Å². The molecule has 1 saturated carbocycles. The summed E-state index contributed by atoms with van der Waals surface area (Å²) in [4.78, 5) is 24.7. The Morgan fingerprint density at radius 3 is 1.88 bits per heavy atom. The molecule has 1 fully saturated rings. The normalized spacial score (nSPS) is 24.0. The number of carboxylic acid groups (broad SMARTS) is 1. The van der Waals surface area contributed by atoms with Gasteiger partial charge in [-0.05, 0) is 41.6 Å². The van der Waals surface area contributed by atoms with Gasteiger partial charge in [0.2, 0.25) is 0 Å². The zero-order valence-corrected chi connectivity index (χ0v) is 20.6. The van der Waals surface area contributed by atoms with Gasteiger partial charge in [0.25, 0.3) is 8.32 Å². The Bertz CT molecular complexity index is 898. The molecule has 0 aromatic heterocycles. The van der Waals surface area contributed by atoms with Crippen LogP contribution in [0.1, 0.15) is 47.0 Å². The molecule has 172 valence electrons. The number of ether oxygens (including phenoxy) is 1. The van der Waals surface area contributed by atoms with Crippen LogP contribution in [0.3, 0.4) is 0 Å². The van der Waals surface area contributed by atoms with Crippen LogP contribution in [0.2, 0.25) is 5.04 Å². The Morgan fingerprint density at radius 1 is 0.969 bits per heavy atom. The molecule has 0 heterocycles. The predicted molar refractivity (Wildman–Crippen MR) is 128 cm³/mol. The van der Waals surface area contributed by atoms with Crippen LogP contribution >= 0.6 is 0 Å². The fraction of sp³-hybridized carbons (Fsp3) is 0.462. The minimum absolute atomic E-state index is 0.193. The summed E-state index contributed by atoms with van der Waals surface area (Å²) in [5.74, 6) is -2.23. The molecule has 1 aliphatic rings. The highest BCUT2D eigenvalue weighted by Gasteiger charge is 2.55. The third kappa shape index (κ3) is 4.26. The molecule has 0 spiro atoms. The topological polar surface area (TPSA) is 72.8 Å². The molecule has 5 nitrogen and oxygen atoms in total. The summed E-state index contributed by atoms with van der Waals surface area (Å²) in [5.41, 5.74) is -1.13. The summed E-state index contributed by atoms with van der Waals surface area (Å²) in [5, 5.41) is 11.9. The van der Waals surface area contributed by atoms with Gasteiger partial charge in [0, 0.05) is 6.10 Å². The van der Waals surface area contributed by atoms with E-state index in [4.69, 9.17) is 9.16 Å². The first-order chi connectivity index (χ1) is 15.1. The Labute approximate surface area is 191 Å². The van der Waals surface area contributed by atoms with Crippen LogP contribution in [0.25, 0.3) is 0 Å². The number of hydrogen-bond donors (Lipinski definition) is 1. The lowest BCUT2D eigenvalue weighted by Gasteiger charge is -2.48. The Morgan fingerprint density at radius 2 is 1.47 bits per heavy atom. The molecule has 1 N–H and O–H groups in total. The van der Waals surface area contributed by atoms with Crippen molar-refractivity contribution in [1.82, 2.24) is 0 Å². The van der Waals surface area contributed by atoms with E-state index in [9.17, 15) is 14.7 Å². The van der Waals surface area contributed by atoms with Crippen LogP contribution in [0, 0.1) is 11.3 Å². The number of carboxylic acids is 1. The monoisotopic (exact) mass is 454 g/mol. The summed E-state index contributed by atoms with van der Waals surface area (Å²) in [6.07, 6.45) is 1.04. The summed E-state index contributed by atoms with van der Waals surface area (Å²) in [6.45, 7) is 8.34. The third-order valence-electron chi connectivity index (χ3n) is 6.91. The highest BCUT2D eigenvalue weighted by molar-refractivity contribution is 6.99. The first-order valence-corrected chi connectivity index (χ1v) is 13.1. The molecular formula is C26H34O5Si. The van der Waals surface area contributed by atoms with Crippen molar-refractivity contribution in [2.24, 2.45) is 11.3 Å². The van der Waals surface area contributed by atoms with E-state index in [1.807, 2.05) is 36.4 Å². The molecule has 6 heteroatoms. The van der Waals surface area contributed by atoms with Crippen molar-refractivity contribution in [3.8, 4) is 0 Å². The number of carbonyl (C=O) groups excluding carboxylic acids is 1. The lowest BCUT2D eigenvalue weighted by Crippen LogP contribution is -2.68. The number of hydrogen-bond acceptors (Lipinski definition) is 4. The quantitative estimate of drug-likeness (QED) is 0.528. The number of aliphatic carboxylic acids is 1. The molecule has 3 rings (SSSR count). The van der Waals surface area contributed by atoms with Gasteiger partial charge in [-0.1, -0.05) is 81.4 Å². The van der Waals surface area contributed by atoms with Gasteiger partial charge < -0.3 is 14.3 Å². The second-order valence-corrected chi connectivity index (χ2v) is 14.2. The molecule has 1 aliphatic carbocycles. The van der Waals surface area contributed by atoms with E-state index < -0.39 is 31.6 Å². The number of benzene rings is 2. The average molecular weight is 455 g/mol. The van der Waals surface area contributed by atoms with E-state index in [2.05, 4.69) is 45.0 Å². The smallest absolute Gasteiger partial charge is 0.312 e. The van der Waals surface area contributed by atoms with Crippen molar-refractivity contribution in [3.63, 3.8) is 0 Å². The maximum atomic E-state index is 12.7. The first-order valence-electron chi connectivity index (χ1n) is 11.2. The van der Waals surface area contributed by atoms with Gasteiger partial charge >= 0.3 is 11.9 Å². The van der Waals surface area contributed by atoms with Crippen LogP contribution in [0.15, 0.2) is 60.7 Å². The summed E-state index contributed by atoms with van der Waals surface area (Å²) < 4.78 is 12.2. The van der Waals surface area contributed by atoms with Crippen molar-refractivity contribution in [2.45, 2.75) is 58.1 Å². The molecule has 0 unspecified atom stereocenters. The van der Waals surface area contributed by atoms with Gasteiger partial charge in [-0.2, -0.15) is 0 Å². The Hall–Kier alpha value is -2.44. The maximum Gasteiger partial charge on any atom is 0.312 e. The summed E-state index contributed by atoms with van der Waals surface area (Å²) in [7, 11) is -1.47. The standard InChI is InChI=1S/C26H34O5Si/c1-25(2,3)32(20-12-8-6-9-13-20,21-14-10-7-11-15-21)31-19-16-17-22(23(27)28)26(4,18-19)24(29)30-5/h6-15,19,22H,16-18H2,1-5H3,(H,27,28)/t19-,22-,26-/m0/s1. The van der Waals surface area contributed by atoms with Gasteiger partial charge in [0.15, 0.2) is 0 Å². The van der Waals surface area contributed by atoms with Crippen LogP contribution in [0.5, 0.6) is 0 Å². The lowest BCUT2D eigenvalue weighted by atomic mass is 9.66. The minimum Gasteiger partial charge on any atom is -0.481 e. The average Bonchev–Trinajstić information content (AvgIpc) is 2.77. The van der Waals surface area contributed by atoms with Gasteiger partial charge in [0.1, 0.15) is 0 Å². The molecule has 2 aromatic carbocycles. The second kappa shape index (κ2) is 9.20. The Kier molecular flexibility index (Phi) is 6.96. The second-order valence-electron chi connectivity index (χ2n) is 9.98. The van der Waals surface area contributed by atoms with Crippen molar-refractivity contribution in [3.05, 3.63) is 60.7 Å². The molecule has 0 saturated heterocycles. The number of rotatable bonds is 6. The predicted octanol–water partition coefficient (Wildman–Crippen LogP) is 4.00. The zero-order chi connectivity index (χ0) is 23.6. The SMILES string of the molecule is COC(=O)[C@@]1(C)C[C@@H](O[Si](c2ccccc2)(c2ccccc2)C(C)(C)C)CC[C@H]1C(=O)O.